The molecule has 3 heterocycles. The van der Waals surface area contributed by atoms with E-state index in [2.05, 4.69) is 43.3 Å². The van der Waals surface area contributed by atoms with Gasteiger partial charge >= 0.3 is 11.9 Å². The number of halogens is 1. The van der Waals surface area contributed by atoms with Gasteiger partial charge in [-0.15, -0.1) is 0 Å². The Labute approximate surface area is 196 Å². The smallest absolute Gasteiger partial charge is 0.360 e. The number of carbonyl (C=O) groups is 2. The zero-order chi connectivity index (χ0) is 24.8. The van der Waals surface area contributed by atoms with E-state index in [4.69, 9.17) is 9.47 Å². The van der Waals surface area contributed by atoms with Gasteiger partial charge in [-0.2, -0.15) is 0 Å². The van der Waals surface area contributed by atoms with Crippen molar-refractivity contribution in [3.63, 3.8) is 0 Å². The normalized spacial score (nSPS) is 24.2. The van der Waals surface area contributed by atoms with Crippen LogP contribution in [0.15, 0.2) is 12.3 Å². The number of piperidine rings is 2. The van der Waals surface area contributed by atoms with Gasteiger partial charge in [-0.3, -0.25) is 0 Å². The molecule has 0 aromatic carbocycles. The van der Waals surface area contributed by atoms with Crippen molar-refractivity contribution in [3.05, 3.63) is 29.3 Å². The van der Waals surface area contributed by atoms with Crippen LogP contribution >= 0.6 is 0 Å². The van der Waals surface area contributed by atoms with Gasteiger partial charge in [-0.25, -0.2) is 19.0 Å². The molecule has 184 valence electrons. The zero-order valence-electron chi connectivity index (χ0n) is 21.1. The van der Waals surface area contributed by atoms with Gasteiger partial charge in [-0.1, -0.05) is 0 Å². The minimum atomic E-state index is -0.895. The van der Waals surface area contributed by atoms with Crippen LogP contribution in [0.5, 0.6) is 0 Å². The monoisotopic (exact) mass is 463 g/mol. The minimum Gasteiger partial charge on any atom is -0.459 e. The Morgan fingerprint density at radius 3 is 1.61 bits per heavy atom. The van der Waals surface area contributed by atoms with Crippen LogP contribution in [0.4, 0.5) is 4.39 Å². The van der Waals surface area contributed by atoms with Gasteiger partial charge in [0, 0.05) is 54.0 Å². The van der Waals surface area contributed by atoms with E-state index in [0.717, 1.165) is 6.07 Å². The van der Waals surface area contributed by atoms with Crippen LogP contribution in [0.3, 0.4) is 0 Å². The standard InChI is InChI=1S/C25H38FN3O4/c1-22(2)10-16(11-23(3,4)28-22)32-20(30)15-9-18(26)19(27-14-15)21(31)33-17-12-24(5,6)29-25(7,8)13-17/h9,14,16-17,28-29H,10-13H2,1-8H3. The average Bonchev–Trinajstić information content (AvgIpc) is 2.55. The lowest BCUT2D eigenvalue weighted by atomic mass is 9.81. The summed E-state index contributed by atoms with van der Waals surface area (Å²) < 4.78 is 26.0. The number of ether oxygens (including phenoxy) is 2. The first-order valence-electron chi connectivity index (χ1n) is 11.6. The summed E-state index contributed by atoms with van der Waals surface area (Å²) in [6.45, 7) is 16.4. The first kappa shape index (κ1) is 25.6. The number of esters is 2. The molecule has 0 amide bonds. The molecule has 0 unspecified atom stereocenters. The highest BCUT2D eigenvalue weighted by molar-refractivity contribution is 5.92. The molecular formula is C25H38FN3O4. The van der Waals surface area contributed by atoms with Crippen LogP contribution in [0.25, 0.3) is 0 Å². The van der Waals surface area contributed by atoms with Crippen molar-refractivity contribution in [2.24, 2.45) is 0 Å². The summed E-state index contributed by atoms with van der Waals surface area (Å²) in [4.78, 5) is 29.2. The molecular weight excluding hydrogens is 425 g/mol. The van der Waals surface area contributed by atoms with E-state index in [1.54, 1.807) is 0 Å². The van der Waals surface area contributed by atoms with Gasteiger partial charge in [0.2, 0.25) is 0 Å². The predicted molar refractivity (Wildman–Crippen MR) is 124 cm³/mol. The largest absolute Gasteiger partial charge is 0.459 e. The number of hydrogen-bond donors (Lipinski definition) is 2. The molecule has 3 rings (SSSR count). The van der Waals surface area contributed by atoms with Crippen molar-refractivity contribution < 1.29 is 23.5 Å². The third-order valence-electron chi connectivity index (χ3n) is 6.12. The van der Waals surface area contributed by atoms with Gasteiger partial charge in [0.25, 0.3) is 0 Å². The Hall–Kier alpha value is -2.06. The lowest BCUT2D eigenvalue weighted by molar-refractivity contribution is -0.00885. The van der Waals surface area contributed by atoms with E-state index in [1.807, 2.05) is 27.7 Å². The highest BCUT2D eigenvalue weighted by Crippen LogP contribution is 2.32. The van der Waals surface area contributed by atoms with Crippen molar-refractivity contribution in [2.45, 2.75) is 115 Å². The molecule has 0 radical (unpaired) electrons. The quantitative estimate of drug-likeness (QED) is 0.648. The molecule has 0 spiro atoms. The maximum atomic E-state index is 14.8. The highest BCUT2D eigenvalue weighted by atomic mass is 19.1. The van der Waals surface area contributed by atoms with Crippen molar-refractivity contribution in [3.8, 4) is 0 Å². The number of hydrogen-bond acceptors (Lipinski definition) is 7. The van der Waals surface area contributed by atoms with Crippen molar-refractivity contribution >= 4 is 11.9 Å². The third kappa shape index (κ3) is 6.73. The summed E-state index contributed by atoms with van der Waals surface area (Å²) in [7, 11) is 0. The molecule has 0 saturated carbocycles. The average molecular weight is 464 g/mol. The Morgan fingerprint density at radius 2 is 1.21 bits per heavy atom. The molecule has 1 aromatic rings. The summed E-state index contributed by atoms with van der Waals surface area (Å²) in [6.07, 6.45) is 3.02. The van der Waals surface area contributed by atoms with E-state index in [1.165, 1.54) is 6.20 Å². The van der Waals surface area contributed by atoms with Gasteiger partial charge in [0.05, 0.1) is 5.56 Å². The molecule has 1 aromatic heterocycles. The Bertz CT molecular complexity index is 894. The molecule has 33 heavy (non-hydrogen) atoms. The van der Waals surface area contributed by atoms with Crippen LogP contribution in [-0.2, 0) is 9.47 Å². The third-order valence-corrected chi connectivity index (χ3v) is 6.12. The van der Waals surface area contributed by atoms with Gasteiger partial charge in [0.1, 0.15) is 12.2 Å². The first-order chi connectivity index (χ1) is 15.0. The van der Waals surface area contributed by atoms with E-state index >= 15 is 0 Å². The van der Waals surface area contributed by atoms with Crippen molar-refractivity contribution in [1.82, 2.24) is 15.6 Å². The molecule has 2 N–H and O–H groups in total. The van der Waals surface area contributed by atoms with Gasteiger partial charge in [-0.05, 0) is 61.5 Å². The van der Waals surface area contributed by atoms with Gasteiger partial charge in [0.15, 0.2) is 11.5 Å². The molecule has 2 saturated heterocycles. The second-order valence-corrected chi connectivity index (χ2v) is 12.2. The van der Waals surface area contributed by atoms with Crippen LogP contribution in [0, 0.1) is 5.82 Å². The second-order valence-electron chi connectivity index (χ2n) is 12.2. The number of nitrogens with one attached hydrogen (secondary N) is 2. The summed E-state index contributed by atoms with van der Waals surface area (Å²) in [6, 6.07) is 1.000. The Balaban J connectivity index is 1.67. The minimum absolute atomic E-state index is 0.0256. The summed E-state index contributed by atoms with van der Waals surface area (Å²) in [5.74, 6) is -2.37. The fourth-order valence-corrected chi connectivity index (χ4v) is 5.75. The summed E-state index contributed by atoms with van der Waals surface area (Å²) in [5, 5.41) is 7.04. The van der Waals surface area contributed by atoms with Crippen molar-refractivity contribution in [1.29, 1.82) is 0 Å². The molecule has 7 nitrogen and oxygen atoms in total. The maximum absolute atomic E-state index is 14.8. The first-order valence-corrected chi connectivity index (χ1v) is 11.6. The molecule has 0 atom stereocenters. The zero-order valence-corrected chi connectivity index (χ0v) is 21.1. The predicted octanol–water partition coefficient (Wildman–Crippen LogP) is 4.15. The van der Waals surface area contributed by atoms with Gasteiger partial charge < -0.3 is 20.1 Å². The number of nitrogens with zero attached hydrogens (tertiary/aromatic N) is 1. The number of carbonyl (C=O) groups excluding carboxylic acids is 2. The molecule has 2 aliphatic rings. The molecule has 0 aliphatic carbocycles. The van der Waals surface area contributed by atoms with Crippen LogP contribution in [0.2, 0.25) is 0 Å². The molecule has 8 heteroatoms. The topological polar surface area (TPSA) is 89.5 Å². The van der Waals surface area contributed by atoms with E-state index < -0.39 is 23.4 Å². The summed E-state index contributed by atoms with van der Waals surface area (Å²) in [5.41, 5.74) is -1.27. The summed E-state index contributed by atoms with van der Waals surface area (Å²) >= 11 is 0. The highest BCUT2D eigenvalue weighted by Gasteiger charge is 2.41. The fourth-order valence-electron chi connectivity index (χ4n) is 5.75. The van der Waals surface area contributed by atoms with E-state index in [9.17, 15) is 14.0 Å². The number of rotatable bonds is 4. The molecule has 0 bridgehead atoms. The fraction of sp³-hybridized carbons (Fsp3) is 0.720. The van der Waals surface area contributed by atoms with Crippen molar-refractivity contribution in [2.75, 3.05) is 0 Å². The Kier molecular flexibility index (Phi) is 6.68. The van der Waals surface area contributed by atoms with E-state index in [0.29, 0.717) is 25.7 Å². The number of aromatic nitrogens is 1. The maximum Gasteiger partial charge on any atom is 0.360 e. The molecule has 2 aliphatic heterocycles. The second kappa shape index (κ2) is 8.62. The molecule has 2 fully saturated rings. The SMILES string of the molecule is CC1(C)CC(OC(=O)c2cnc(C(=O)OC3CC(C)(C)NC(C)(C)C3)c(F)c2)CC(C)(C)N1. The number of pyridine rings is 1. The lowest BCUT2D eigenvalue weighted by Crippen LogP contribution is -2.59. The van der Waals surface area contributed by atoms with Crippen LogP contribution in [-0.4, -0.2) is 51.3 Å². The Morgan fingerprint density at radius 1 is 0.818 bits per heavy atom. The van der Waals surface area contributed by atoms with Crippen LogP contribution < -0.4 is 10.6 Å². The lowest BCUT2D eigenvalue weighted by Gasteiger charge is -2.46. The van der Waals surface area contributed by atoms with Crippen LogP contribution in [0.1, 0.15) is 102 Å². The van der Waals surface area contributed by atoms with E-state index in [-0.39, 0.29) is 39.9 Å².